The highest BCUT2D eigenvalue weighted by molar-refractivity contribution is 5.97. The summed E-state index contributed by atoms with van der Waals surface area (Å²) in [6.07, 6.45) is 0. The van der Waals surface area contributed by atoms with Gasteiger partial charge in [-0.25, -0.2) is 0 Å². The standard InChI is InChI=1S/C16H22N4O4/c1-10-12(3)19(8-7-17-10)16(22)11(2)18-15(21)13-5-4-6-14(9-13)20(23)24/h4-6,9-12,17H,7-8H2,1-3H3,(H,18,21). The van der Waals surface area contributed by atoms with E-state index in [0.717, 1.165) is 0 Å². The number of non-ortho nitro benzene ring substituents is 1. The van der Waals surface area contributed by atoms with Gasteiger partial charge in [0.05, 0.1) is 4.92 Å². The van der Waals surface area contributed by atoms with Gasteiger partial charge in [-0.15, -0.1) is 0 Å². The van der Waals surface area contributed by atoms with Crippen molar-refractivity contribution in [1.82, 2.24) is 15.5 Å². The number of carbonyl (C=O) groups excluding carboxylic acids is 2. The van der Waals surface area contributed by atoms with Crippen molar-refractivity contribution in [3.05, 3.63) is 39.9 Å². The van der Waals surface area contributed by atoms with E-state index in [1.165, 1.54) is 24.3 Å². The van der Waals surface area contributed by atoms with E-state index in [2.05, 4.69) is 10.6 Å². The largest absolute Gasteiger partial charge is 0.341 e. The lowest BCUT2D eigenvalue weighted by atomic mass is 10.1. The lowest BCUT2D eigenvalue weighted by Crippen LogP contribution is -2.60. The summed E-state index contributed by atoms with van der Waals surface area (Å²) in [5.74, 6) is -0.662. The van der Waals surface area contributed by atoms with Crippen LogP contribution in [0.3, 0.4) is 0 Å². The summed E-state index contributed by atoms with van der Waals surface area (Å²) in [5, 5.41) is 16.7. The first-order valence-electron chi connectivity index (χ1n) is 7.90. The molecule has 130 valence electrons. The Hall–Kier alpha value is -2.48. The Morgan fingerprint density at radius 1 is 1.42 bits per heavy atom. The van der Waals surface area contributed by atoms with Gasteiger partial charge >= 0.3 is 0 Å². The van der Waals surface area contributed by atoms with Gasteiger partial charge in [-0.3, -0.25) is 19.7 Å². The molecule has 0 aromatic heterocycles. The molecule has 0 aliphatic carbocycles. The minimum atomic E-state index is -0.704. The number of carbonyl (C=O) groups is 2. The van der Waals surface area contributed by atoms with Gasteiger partial charge in [-0.05, 0) is 26.8 Å². The summed E-state index contributed by atoms with van der Waals surface area (Å²) in [6.45, 7) is 6.89. The summed E-state index contributed by atoms with van der Waals surface area (Å²) in [6, 6.07) is 4.95. The Balaban J connectivity index is 2.04. The van der Waals surface area contributed by atoms with E-state index in [-0.39, 0.29) is 29.2 Å². The van der Waals surface area contributed by atoms with E-state index in [1.54, 1.807) is 11.8 Å². The van der Waals surface area contributed by atoms with E-state index in [9.17, 15) is 19.7 Å². The van der Waals surface area contributed by atoms with Gasteiger partial charge in [0.1, 0.15) is 6.04 Å². The summed E-state index contributed by atoms with van der Waals surface area (Å²) >= 11 is 0. The third-order valence-electron chi connectivity index (χ3n) is 4.35. The van der Waals surface area contributed by atoms with Crippen LogP contribution in [0.5, 0.6) is 0 Å². The average molecular weight is 334 g/mol. The Bertz CT molecular complexity index is 649. The number of amides is 2. The molecule has 2 amide bonds. The smallest absolute Gasteiger partial charge is 0.270 e. The topological polar surface area (TPSA) is 105 Å². The minimum absolute atomic E-state index is 0.0309. The van der Waals surface area contributed by atoms with Crippen LogP contribution in [0.1, 0.15) is 31.1 Å². The molecule has 2 N–H and O–H groups in total. The molecule has 2 rings (SSSR count). The van der Waals surface area contributed by atoms with Crippen molar-refractivity contribution < 1.29 is 14.5 Å². The molecule has 1 saturated heterocycles. The van der Waals surface area contributed by atoms with Crippen LogP contribution in [-0.2, 0) is 4.79 Å². The second kappa shape index (κ2) is 7.39. The van der Waals surface area contributed by atoms with Gasteiger partial charge in [0.15, 0.2) is 0 Å². The van der Waals surface area contributed by atoms with Crippen molar-refractivity contribution in [3.63, 3.8) is 0 Å². The molecule has 3 atom stereocenters. The molecule has 1 aromatic rings. The first kappa shape index (κ1) is 17.9. The fourth-order valence-corrected chi connectivity index (χ4v) is 2.72. The SMILES string of the molecule is CC(NC(=O)c1cccc([N+](=O)[O-])c1)C(=O)N1CCNC(C)C1C. The van der Waals surface area contributed by atoms with E-state index >= 15 is 0 Å². The lowest BCUT2D eigenvalue weighted by molar-refractivity contribution is -0.384. The molecule has 0 bridgehead atoms. The monoisotopic (exact) mass is 334 g/mol. The number of piperazine rings is 1. The molecule has 0 radical (unpaired) electrons. The van der Waals surface area contributed by atoms with Crippen molar-refractivity contribution in [2.45, 2.75) is 38.9 Å². The number of hydrogen-bond acceptors (Lipinski definition) is 5. The summed E-state index contributed by atoms with van der Waals surface area (Å²) in [5.41, 5.74) is -0.00300. The molecule has 8 heteroatoms. The molecule has 1 fully saturated rings. The molecule has 8 nitrogen and oxygen atoms in total. The fourth-order valence-electron chi connectivity index (χ4n) is 2.72. The second-order valence-corrected chi connectivity index (χ2v) is 6.02. The maximum Gasteiger partial charge on any atom is 0.270 e. The molecule has 3 unspecified atom stereocenters. The van der Waals surface area contributed by atoms with E-state index in [1.807, 2.05) is 13.8 Å². The predicted molar refractivity (Wildman–Crippen MR) is 88.7 cm³/mol. The van der Waals surface area contributed by atoms with Crippen LogP contribution in [-0.4, -0.2) is 52.9 Å². The van der Waals surface area contributed by atoms with E-state index < -0.39 is 16.9 Å². The number of hydrogen-bond donors (Lipinski definition) is 2. The zero-order valence-electron chi connectivity index (χ0n) is 14.0. The first-order chi connectivity index (χ1) is 11.3. The maximum absolute atomic E-state index is 12.6. The molecule has 0 saturated carbocycles. The zero-order valence-corrected chi connectivity index (χ0v) is 14.0. The highest BCUT2D eigenvalue weighted by Gasteiger charge is 2.31. The van der Waals surface area contributed by atoms with Gasteiger partial charge in [0, 0.05) is 42.9 Å². The maximum atomic E-state index is 12.6. The van der Waals surface area contributed by atoms with Crippen LogP contribution in [0, 0.1) is 10.1 Å². The Morgan fingerprint density at radius 2 is 2.12 bits per heavy atom. The van der Waals surface area contributed by atoms with Gasteiger partial charge < -0.3 is 15.5 Å². The molecular weight excluding hydrogens is 312 g/mol. The van der Waals surface area contributed by atoms with Crippen LogP contribution in [0.25, 0.3) is 0 Å². The molecule has 24 heavy (non-hydrogen) atoms. The van der Waals surface area contributed by atoms with Crippen LogP contribution >= 0.6 is 0 Å². The number of benzene rings is 1. The molecule has 0 spiro atoms. The van der Waals surface area contributed by atoms with Crippen molar-refractivity contribution in [3.8, 4) is 0 Å². The summed E-state index contributed by atoms with van der Waals surface area (Å²) in [4.78, 5) is 36.8. The van der Waals surface area contributed by atoms with Crippen molar-refractivity contribution in [2.24, 2.45) is 0 Å². The first-order valence-corrected chi connectivity index (χ1v) is 7.90. The molecule has 1 aromatic carbocycles. The fraction of sp³-hybridized carbons (Fsp3) is 0.500. The third-order valence-corrected chi connectivity index (χ3v) is 4.35. The van der Waals surface area contributed by atoms with Gasteiger partial charge in [0.2, 0.25) is 5.91 Å². The highest BCUT2D eigenvalue weighted by atomic mass is 16.6. The second-order valence-electron chi connectivity index (χ2n) is 6.02. The molecule has 1 aliphatic rings. The quantitative estimate of drug-likeness (QED) is 0.629. The van der Waals surface area contributed by atoms with E-state index in [0.29, 0.717) is 13.1 Å². The number of nitro groups is 1. The Kier molecular flexibility index (Phi) is 5.50. The lowest BCUT2D eigenvalue weighted by Gasteiger charge is -2.39. The molecule has 1 heterocycles. The summed E-state index contributed by atoms with van der Waals surface area (Å²) in [7, 11) is 0. The number of rotatable bonds is 4. The van der Waals surface area contributed by atoms with Crippen molar-refractivity contribution in [1.29, 1.82) is 0 Å². The van der Waals surface area contributed by atoms with Gasteiger partial charge in [-0.2, -0.15) is 0 Å². The van der Waals surface area contributed by atoms with Crippen LogP contribution in [0.15, 0.2) is 24.3 Å². The van der Waals surface area contributed by atoms with Crippen LogP contribution < -0.4 is 10.6 Å². The number of nitrogens with one attached hydrogen (secondary N) is 2. The predicted octanol–water partition coefficient (Wildman–Crippen LogP) is 0.922. The van der Waals surface area contributed by atoms with Gasteiger partial charge in [-0.1, -0.05) is 6.07 Å². The van der Waals surface area contributed by atoms with Crippen molar-refractivity contribution in [2.75, 3.05) is 13.1 Å². The van der Waals surface area contributed by atoms with Crippen molar-refractivity contribution >= 4 is 17.5 Å². The Labute approximate surface area is 140 Å². The molecule has 1 aliphatic heterocycles. The average Bonchev–Trinajstić information content (AvgIpc) is 2.56. The van der Waals surface area contributed by atoms with Gasteiger partial charge in [0.25, 0.3) is 11.6 Å². The number of nitro benzene ring substituents is 1. The van der Waals surface area contributed by atoms with Crippen LogP contribution in [0.4, 0.5) is 5.69 Å². The summed E-state index contributed by atoms with van der Waals surface area (Å²) < 4.78 is 0. The minimum Gasteiger partial charge on any atom is -0.341 e. The molecular formula is C16H22N4O4. The zero-order chi connectivity index (χ0) is 17.9. The van der Waals surface area contributed by atoms with E-state index in [4.69, 9.17) is 0 Å². The Morgan fingerprint density at radius 3 is 2.79 bits per heavy atom. The highest BCUT2D eigenvalue weighted by Crippen LogP contribution is 2.14. The van der Waals surface area contributed by atoms with Crippen LogP contribution in [0.2, 0.25) is 0 Å². The normalized spacial score (nSPS) is 21.9. The third kappa shape index (κ3) is 3.88. The number of nitrogens with zero attached hydrogens (tertiary/aromatic N) is 2.